The van der Waals surface area contributed by atoms with Crippen molar-refractivity contribution in [3.63, 3.8) is 0 Å². The zero-order chi connectivity index (χ0) is 16.8. The number of benzene rings is 2. The van der Waals surface area contributed by atoms with E-state index in [4.69, 9.17) is 4.74 Å². The Bertz CT molecular complexity index is 645. The number of piperazine rings is 1. The monoisotopic (exact) mass is 332 g/mol. The molecule has 24 heavy (non-hydrogen) atoms. The lowest BCUT2D eigenvalue weighted by Gasteiger charge is -2.28. The number of nitrogens with zero attached hydrogens (tertiary/aromatic N) is 1. The van der Waals surface area contributed by atoms with Gasteiger partial charge < -0.3 is 10.1 Å². The Balaban J connectivity index is 1.71. The predicted molar refractivity (Wildman–Crippen MR) is 89.9 cm³/mol. The van der Waals surface area contributed by atoms with Crippen molar-refractivity contribution < 1.29 is 13.5 Å². The first-order valence-corrected chi connectivity index (χ1v) is 8.28. The molecule has 0 bridgehead atoms. The van der Waals surface area contributed by atoms with E-state index in [-0.39, 0.29) is 0 Å². The van der Waals surface area contributed by atoms with Crippen LogP contribution in [-0.2, 0) is 4.74 Å². The van der Waals surface area contributed by atoms with E-state index in [2.05, 4.69) is 10.2 Å². The first-order chi connectivity index (χ1) is 11.7. The molecule has 128 valence electrons. The maximum absolute atomic E-state index is 13.6. The second-order valence-electron chi connectivity index (χ2n) is 5.93. The number of nitrogens with one attached hydrogen (secondary N) is 1. The summed E-state index contributed by atoms with van der Waals surface area (Å²) in [5, 5.41) is 3.32. The highest BCUT2D eigenvalue weighted by atomic mass is 19.2. The molecule has 0 aliphatic carbocycles. The van der Waals surface area contributed by atoms with E-state index < -0.39 is 17.7 Å². The fourth-order valence-electron chi connectivity index (χ4n) is 2.92. The predicted octanol–water partition coefficient (Wildman–Crippen LogP) is 2.98. The molecular formula is C19H22F2N2O. The number of ether oxygens (including phenoxy) is 1. The second-order valence-corrected chi connectivity index (χ2v) is 5.93. The van der Waals surface area contributed by atoms with Gasteiger partial charge in [-0.3, -0.25) is 4.90 Å². The quantitative estimate of drug-likeness (QED) is 0.880. The molecule has 1 aliphatic rings. The van der Waals surface area contributed by atoms with Crippen LogP contribution in [0.1, 0.15) is 17.2 Å². The summed E-state index contributed by atoms with van der Waals surface area (Å²) in [6, 6.07) is 13.6. The first kappa shape index (κ1) is 17.0. The lowest BCUT2D eigenvalue weighted by Crippen LogP contribution is -2.44. The van der Waals surface area contributed by atoms with Crippen LogP contribution in [0.3, 0.4) is 0 Å². The van der Waals surface area contributed by atoms with E-state index in [1.165, 1.54) is 6.07 Å². The van der Waals surface area contributed by atoms with Gasteiger partial charge in [0.05, 0.1) is 6.61 Å². The van der Waals surface area contributed by atoms with E-state index >= 15 is 0 Å². The Morgan fingerprint density at radius 3 is 2.42 bits per heavy atom. The molecule has 1 saturated heterocycles. The standard InChI is InChI=1S/C19H22F2N2O/c20-17-7-6-16(14-18(17)21)19(15-4-2-1-3-5-15)24-13-12-23-10-8-22-9-11-23/h1-7,14,19,22H,8-13H2. The summed E-state index contributed by atoms with van der Waals surface area (Å²) in [5.74, 6) is -1.69. The average molecular weight is 332 g/mol. The van der Waals surface area contributed by atoms with Crippen LogP contribution in [0.5, 0.6) is 0 Å². The van der Waals surface area contributed by atoms with E-state index in [0.29, 0.717) is 12.2 Å². The van der Waals surface area contributed by atoms with Crippen LogP contribution in [-0.4, -0.2) is 44.2 Å². The molecule has 0 amide bonds. The number of hydrogen-bond acceptors (Lipinski definition) is 3. The molecule has 0 spiro atoms. The molecule has 1 fully saturated rings. The zero-order valence-electron chi connectivity index (χ0n) is 13.6. The average Bonchev–Trinajstić information content (AvgIpc) is 2.63. The second kappa shape index (κ2) is 8.33. The molecule has 2 aromatic carbocycles. The van der Waals surface area contributed by atoms with E-state index in [9.17, 15) is 8.78 Å². The molecular weight excluding hydrogens is 310 g/mol. The van der Waals surface area contributed by atoms with Gasteiger partial charge >= 0.3 is 0 Å². The highest BCUT2D eigenvalue weighted by Crippen LogP contribution is 2.27. The zero-order valence-corrected chi connectivity index (χ0v) is 13.6. The molecule has 1 atom stereocenters. The first-order valence-electron chi connectivity index (χ1n) is 8.28. The summed E-state index contributed by atoms with van der Waals surface area (Å²) >= 11 is 0. The summed E-state index contributed by atoms with van der Waals surface area (Å²) in [6.07, 6.45) is -0.399. The van der Waals surface area contributed by atoms with E-state index in [1.54, 1.807) is 6.07 Å². The van der Waals surface area contributed by atoms with Crippen LogP contribution in [0.15, 0.2) is 48.5 Å². The van der Waals surface area contributed by atoms with Crippen molar-refractivity contribution in [3.8, 4) is 0 Å². The Hall–Kier alpha value is -1.82. The van der Waals surface area contributed by atoms with Crippen LogP contribution in [0.2, 0.25) is 0 Å². The van der Waals surface area contributed by atoms with Crippen molar-refractivity contribution in [2.24, 2.45) is 0 Å². The molecule has 0 radical (unpaired) electrons. The lowest BCUT2D eigenvalue weighted by atomic mass is 10.0. The smallest absolute Gasteiger partial charge is 0.159 e. The van der Waals surface area contributed by atoms with Gasteiger partial charge in [-0.15, -0.1) is 0 Å². The highest BCUT2D eigenvalue weighted by molar-refractivity contribution is 5.30. The lowest BCUT2D eigenvalue weighted by molar-refractivity contribution is 0.0571. The minimum Gasteiger partial charge on any atom is -0.367 e. The third-order valence-electron chi connectivity index (χ3n) is 4.25. The van der Waals surface area contributed by atoms with Crippen molar-refractivity contribution in [3.05, 3.63) is 71.3 Å². The van der Waals surface area contributed by atoms with E-state index in [1.807, 2.05) is 30.3 Å². The molecule has 1 heterocycles. The van der Waals surface area contributed by atoms with E-state index in [0.717, 1.165) is 44.4 Å². The molecule has 3 rings (SSSR count). The van der Waals surface area contributed by atoms with Crippen LogP contribution in [0.25, 0.3) is 0 Å². The Labute approximate surface area is 141 Å². The SMILES string of the molecule is Fc1ccc(C(OCCN2CCNCC2)c2ccccc2)cc1F. The maximum Gasteiger partial charge on any atom is 0.159 e. The Kier molecular flexibility index (Phi) is 5.91. The molecule has 0 saturated carbocycles. The highest BCUT2D eigenvalue weighted by Gasteiger charge is 2.17. The third-order valence-corrected chi connectivity index (χ3v) is 4.25. The molecule has 3 nitrogen and oxygen atoms in total. The van der Waals surface area contributed by atoms with Crippen molar-refractivity contribution in [1.29, 1.82) is 0 Å². The van der Waals surface area contributed by atoms with Gasteiger partial charge in [-0.05, 0) is 23.3 Å². The fourth-order valence-corrected chi connectivity index (χ4v) is 2.92. The fraction of sp³-hybridized carbons (Fsp3) is 0.368. The van der Waals surface area contributed by atoms with Gasteiger partial charge in [0, 0.05) is 32.7 Å². The molecule has 5 heteroatoms. The van der Waals surface area contributed by atoms with Crippen molar-refractivity contribution in [1.82, 2.24) is 10.2 Å². The van der Waals surface area contributed by atoms with Gasteiger partial charge in [-0.2, -0.15) is 0 Å². The third kappa shape index (κ3) is 4.38. The molecule has 1 N–H and O–H groups in total. The van der Waals surface area contributed by atoms with Crippen LogP contribution < -0.4 is 5.32 Å². The van der Waals surface area contributed by atoms with Crippen LogP contribution >= 0.6 is 0 Å². The topological polar surface area (TPSA) is 24.5 Å². The number of halogens is 2. The van der Waals surface area contributed by atoms with Crippen LogP contribution in [0, 0.1) is 11.6 Å². The minimum atomic E-state index is -0.848. The van der Waals surface area contributed by atoms with Gasteiger partial charge in [0.1, 0.15) is 6.10 Å². The Morgan fingerprint density at radius 2 is 1.71 bits per heavy atom. The molecule has 2 aromatic rings. The largest absolute Gasteiger partial charge is 0.367 e. The molecule has 0 aromatic heterocycles. The summed E-state index contributed by atoms with van der Waals surface area (Å²) in [4.78, 5) is 2.34. The Morgan fingerprint density at radius 1 is 0.958 bits per heavy atom. The summed E-state index contributed by atoms with van der Waals surface area (Å²) in [6.45, 7) is 5.36. The van der Waals surface area contributed by atoms with Gasteiger partial charge in [0.15, 0.2) is 11.6 Å². The summed E-state index contributed by atoms with van der Waals surface area (Å²) in [7, 11) is 0. The van der Waals surface area contributed by atoms with Crippen molar-refractivity contribution >= 4 is 0 Å². The van der Waals surface area contributed by atoms with Gasteiger partial charge in [0.2, 0.25) is 0 Å². The van der Waals surface area contributed by atoms with Crippen molar-refractivity contribution in [2.45, 2.75) is 6.10 Å². The normalized spacial score (nSPS) is 16.9. The van der Waals surface area contributed by atoms with Gasteiger partial charge in [-0.25, -0.2) is 8.78 Å². The minimum absolute atomic E-state index is 0.399. The molecule has 1 unspecified atom stereocenters. The van der Waals surface area contributed by atoms with Crippen LogP contribution in [0.4, 0.5) is 8.78 Å². The summed E-state index contributed by atoms with van der Waals surface area (Å²) in [5.41, 5.74) is 1.56. The molecule has 1 aliphatic heterocycles. The number of rotatable bonds is 6. The number of hydrogen-bond donors (Lipinski definition) is 1. The maximum atomic E-state index is 13.6. The van der Waals surface area contributed by atoms with Gasteiger partial charge in [0.25, 0.3) is 0 Å². The summed E-state index contributed by atoms with van der Waals surface area (Å²) < 4.78 is 32.9. The van der Waals surface area contributed by atoms with Crippen molar-refractivity contribution in [2.75, 3.05) is 39.3 Å². The van der Waals surface area contributed by atoms with Gasteiger partial charge in [-0.1, -0.05) is 36.4 Å².